The Kier molecular flexibility index (Phi) is 42.0. The summed E-state index contributed by atoms with van der Waals surface area (Å²) in [4.78, 5) is 93.1. The zero-order valence-electron chi connectivity index (χ0n) is 66.2. The minimum Gasteiger partial charge on any atom is -0.870 e. The van der Waals surface area contributed by atoms with Crippen molar-refractivity contribution in [2.45, 2.75) is 193 Å². The summed E-state index contributed by atoms with van der Waals surface area (Å²) in [5, 5.41) is 76.9. The van der Waals surface area contributed by atoms with E-state index in [-0.39, 0.29) is 139 Å². The van der Waals surface area contributed by atoms with Gasteiger partial charge in [0.15, 0.2) is 0 Å². The molecule has 0 bridgehead atoms. The quantitative estimate of drug-likeness (QED) is 0.0186. The molecule has 5 fully saturated rings. The van der Waals surface area contributed by atoms with Crippen molar-refractivity contribution in [2.24, 2.45) is 0 Å². The number of piperidine rings is 5. The number of carboxylic acid groups (broad SMARTS) is 1. The van der Waals surface area contributed by atoms with Crippen LogP contribution >= 0.6 is 0 Å². The molecule has 6 aromatic carbocycles. The molecular weight excluding hydrogens is 1490 g/mol. The maximum absolute atomic E-state index is 12.5. The molecule has 7 heterocycles. The predicted molar refractivity (Wildman–Crippen MR) is 422 cm³/mol. The van der Waals surface area contributed by atoms with Crippen LogP contribution in [-0.2, 0) is 50.1 Å². The number of likely N-dealkylation sites (tertiary alicyclic amines) is 4. The maximum Gasteiger partial charge on any atom is 1.00 e. The number of aromatic nitrogens is 4. The van der Waals surface area contributed by atoms with Crippen molar-refractivity contribution in [1.29, 1.82) is 0 Å². The van der Waals surface area contributed by atoms with Gasteiger partial charge in [-0.15, -0.1) is 0 Å². The Morgan fingerprint density at radius 3 is 1.18 bits per heavy atom. The monoisotopic (exact) mass is 1600 g/mol. The van der Waals surface area contributed by atoms with Gasteiger partial charge in [-0.1, -0.05) is 133 Å². The van der Waals surface area contributed by atoms with Crippen LogP contribution in [0.1, 0.15) is 147 Å². The summed E-state index contributed by atoms with van der Waals surface area (Å²) in [5.41, 5.74) is 5.50. The number of nitro benzene ring substituents is 1. The molecule has 31 heteroatoms. The number of carbonyl (C=O) groups excluding carboxylic acids is 5. The van der Waals surface area contributed by atoms with Gasteiger partial charge in [0, 0.05) is 54.6 Å². The average Bonchev–Trinajstić information content (AvgIpc) is 1.84. The van der Waals surface area contributed by atoms with Gasteiger partial charge in [-0.3, -0.25) is 15.1 Å². The number of hydrogen-bond donors (Lipinski definition) is 7. The third kappa shape index (κ3) is 33.9. The third-order valence-electron chi connectivity index (χ3n) is 19.1. The molecule has 5 saturated heterocycles. The van der Waals surface area contributed by atoms with Gasteiger partial charge in [-0.25, -0.2) is 28.8 Å². The van der Waals surface area contributed by atoms with Gasteiger partial charge in [0.2, 0.25) is 0 Å². The van der Waals surface area contributed by atoms with E-state index < -0.39 is 47.4 Å². The predicted octanol–water partition coefficient (Wildman–Crippen LogP) is 9.45. The number of hydrogen-bond acceptors (Lipinski definition) is 23. The fraction of sp³-hybridized carbons (Fsp3) is 0.417. The molecule has 8 N–H and O–H groups in total. The first-order valence-corrected chi connectivity index (χ1v) is 37.9. The van der Waals surface area contributed by atoms with E-state index in [0.717, 1.165) is 85.9 Å². The number of nitrogens with zero attached hydrogens (tertiary/aromatic N) is 9. The fourth-order valence-electron chi connectivity index (χ4n) is 12.2. The molecular formula is C84H107N10NaO20. The Bertz CT molecular complexity index is 3930. The van der Waals surface area contributed by atoms with Gasteiger partial charge >= 0.3 is 65.9 Å². The number of β-amino-alcohol motifs (C(OH)–C–C–N with tert-alkyl or cyclic N) is 4. The van der Waals surface area contributed by atoms with Crippen LogP contribution in [0.15, 0.2) is 201 Å². The zero-order valence-corrected chi connectivity index (χ0v) is 68.2. The summed E-state index contributed by atoms with van der Waals surface area (Å²) in [5.74, 6) is -1.34. The molecule has 2 aromatic heterocycles. The number of amides is 4. The number of aryl methyl sites for hydroxylation is 1. The molecule has 0 unspecified atom stereocenters. The first kappa shape index (κ1) is 95.2. The SMILES string of the molecule is C[C@@H]1CC[C@@H](O)CN1.C[C@@H]1CC[C@@H](O)CN1C(=O)OCc1ccccc1.C[C@@H]1CC[C@@H](O)CN1C(=O)OCc1ccccc1.C[C@@H]1CC[C@@H](OC(=O)c2ccc([N+](=O)[O-])cc2)CN1C(=O)OCc1ccccc1.C[C@@H]1CC[C@H](O)CN1C(=O)OCc1ccccc1.Cc1ccc(O)cn1.O=C(O)c1ccccc1-n1nccn1.[Na+].[OH-]. The van der Waals surface area contributed by atoms with Crippen LogP contribution in [-0.4, -0.2) is 210 Å². The summed E-state index contributed by atoms with van der Waals surface area (Å²) >= 11 is 0. The van der Waals surface area contributed by atoms with Crippen LogP contribution in [0, 0.1) is 17.0 Å². The van der Waals surface area contributed by atoms with Gasteiger partial charge in [0.05, 0.1) is 85.2 Å². The smallest absolute Gasteiger partial charge is 0.870 e. The Hall–Kier alpha value is -10.4. The Morgan fingerprint density at radius 1 is 0.478 bits per heavy atom. The number of aromatic hydroxyl groups is 1. The molecule has 614 valence electrons. The van der Waals surface area contributed by atoms with Crippen LogP contribution in [0.3, 0.4) is 0 Å². The van der Waals surface area contributed by atoms with Gasteiger partial charge in [-0.2, -0.15) is 15.0 Å². The summed E-state index contributed by atoms with van der Waals surface area (Å²) < 4.78 is 26.7. The molecule has 5 aliphatic rings. The molecule has 13 rings (SSSR count). The Morgan fingerprint density at radius 2 is 0.843 bits per heavy atom. The molecule has 4 amide bonds. The first-order chi connectivity index (χ1) is 54.3. The number of ether oxygens (including phenoxy) is 5. The number of nitro groups is 1. The number of non-ortho nitro benzene ring substituents is 1. The number of para-hydroxylation sites is 1. The van der Waals surface area contributed by atoms with Crippen LogP contribution in [0.25, 0.3) is 5.69 Å². The Balaban J connectivity index is 0.000000247. The van der Waals surface area contributed by atoms with Crippen molar-refractivity contribution in [3.05, 3.63) is 250 Å². The number of aromatic carboxylic acids is 1. The van der Waals surface area contributed by atoms with Crippen molar-refractivity contribution < 1.29 is 123 Å². The second-order valence-electron chi connectivity index (χ2n) is 28.1. The molecule has 8 aromatic rings. The number of benzene rings is 6. The molecule has 10 atom stereocenters. The first-order valence-electron chi connectivity index (χ1n) is 37.9. The van der Waals surface area contributed by atoms with E-state index in [1.54, 1.807) is 49.9 Å². The number of esters is 1. The molecule has 0 spiro atoms. The number of aliphatic hydroxyl groups is 4. The number of carbonyl (C=O) groups is 6. The summed E-state index contributed by atoms with van der Waals surface area (Å²) in [6, 6.07) is 54.3. The minimum absolute atomic E-state index is 0. The van der Waals surface area contributed by atoms with Crippen LogP contribution in [0.4, 0.5) is 24.9 Å². The van der Waals surface area contributed by atoms with Crippen molar-refractivity contribution in [2.75, 3.05) is 32.7 Å². The van der Waals surface area contributed by atoms with Gasteiger partial charge in [-0.05, 0) is 164 Å². The third-order valence-corrected chi connectivity index (χ3v) is 19.1. The number of carboxylic acids is 1. The van der Waals surface area contributed by atoms with E-state index in [4.69, 9.17) is 39.0 Å². The van der Waals surface area contributed by atoms with E-state index in [0.29, 0.717) is 44.2 Å². The second-order valence-corrected chi connectivity index (χ2v) is 28.1. The van der Waals surface area contributed by atoms with Crippen molar-refractivity contribution in [1.82, 2.24) is 44.9 Å². The molecule has 0 saturated carbocycles. The van der Waals surface area contributed by atoms with E-state index in [1.807, 2.05) is 156 Å². The second kappa shape index (κ2) is 50.7. The molecule has 0 radical (unpaired) electrons. The van der Waals surface area contributed by atoms with Crippen LogP contribution < -0.4 is 34.9 Å². The largest absolute Gasteiger partial charge is 1.00 e. The number of rotatable bonds is 13. The standard InChI is InChI=1S/C21H22N2O6.3C14H19NO3.C9H7N3O2.C6H13NO.C6H7NO.Na.H2O/c1-15-7-12-19(29-20(24)17-8-10-18(11-9-17)23(26)27)13-22(15)21(25)28-14-16-5-3-2-4-6-16;3*1-11-7-8-13(16)9-15(11)14(17)18-10-12-5-3-2-4-6-12;13-9(14)7-3-1-2-4-8(7)12-10-5-6-11-12;2*1-5-2-3-6(8)4-7-5;;/h2-6,8-11,15,19H,7,12-14H2,1H3;3*2-6,11,13,16H,7-10H2,1H3;1-6H,(H,13,14);5-8H,2-4H2,1H3;2-4,8H,1H3;;1H2/q;;;;;;;+1;/p-1/t15-,19-;11-,13+;2*11-,13-;;5-,6-;;;/m1111.1.../s1. The normalized spacial score (nSPS) is 20.5. The number of nitrogens with one attached hydrogen (secondary N) is 1. The van der Waals surface area contributed by atoms with Gasteiger partial charge in [0.25, 0.3) is 5.69 Å². The molecule has 115 heavy (non-hydrogen) atoms. The topological polar surface area (TPSA) is 412 Å². The summed E-state index contributed by atoms with van der Waals surface area (Å²) in [6.45, 7) is 15.0. The van der Waals surface area contributed by atoms with E-state index >= 15 is 0 Å². The van der Waals surface area contributed by atoms with Gasteiger partial charge < -0.3 is 84.7 Å². The van der Waals surface area contributed by atoms with E-state index in [1.165, 1.54) is 53.7 Å². The van der Waals surface area contributed by atoms with Gasteiger partial charge in [0.1, 0.15) is 44.0 Å². The minimum atomic E-state index is -0.988. The van der Waals surface area contributed by atoms with Crippen molar-refractivity contribution in [3.63, 3.8) is 0 Å². The molecule has 5 aliphatic heterocycles. The zero-order chi connectivity index (χ0) is 81.6. The van der Waals surface area contributed by atoms with Crippen LogP contribution in [0.2, 0.25) is 0 Å². The average molecular weight is 1600 g/mol. The summed E-state index contributed by atoms with van der Waals surface area (Å²) in [7, 11) is 0. The fourth-order valence-corrected chi connectivity index (χ4v) is 12.2. The summed E-state index contributed by atoms with van der Waals surface area (Å²) in [6.07, 6.45) is 9.23. The van der Waals surface area contributed by atoms with Crippen LogP contribution in [0.5, 0.6) is 5.75 Å². The Labute approximate surface area is 692 Å². The van der Waals surface area contributed by atoms with Crippen molar-refractivity contribution >= 4 is 42.0 Å². The van der Waals surface area contributed by atoms with E-state index in [2.05, 4.69) is 27.4 Å². The molecule has 30 nitrogen and oxygen atoms in total. The van der Waals surface area contributed by atoms with Crippen molar-refractivity contribution in [3.8, 4) is 11.4 Å². The molecule has 0 aliphatic carbocycles. The maximum atomic E-state index is 12.5. The number of aliphatic hydroxyl groups excluding tert-OH is 4. The van der Waals surface area contributed by atoms with E-state index in [9.17, 15) is 54.2 Å². The number of pyridine rings is 1.